The van der Waals surface area contributed by atoms with E-state index >= 15 is 0 Å². The number of anilines is 1. The number of nitro benzene ring substituents is 2. The molecule has 2 aromatic rings. The highest BCUT2D eigenvalue weighted by molar-refractivity contribution is 7.92. The van der Waals surface area contributed by atoms with Crippen molar-refractivity contribution in [1.29, 1.82) is 0 Å². The van der Waals surface area contributed by atoms with Crippen LogP contribution in [0.25, 0.3) is 0 Å². The summed E-state index contributed by atoms with van der Waals surface area (Å²) in [5.74, 6) is 0. The number of nitrogens with zero attached hydrogens (tertiary/aromatic N) is 2. The second-order valence-electron chi connectivity index (χ2n) is 4.49. The van der Waals surface area contributed by atoms with E-state index in [1.165, 1.54) is 6.07 Å². The van der Waals surface area contributed by atoms with Gasteiger partial charge in [0.1, 0.15) is 10.6 Å². The summed E-state index contributed by atoms with van der Waals surface area (Å²) in [5.41, 5.74) is -1.84. The van der Waals surface area contributed by atoms with E-state index in [4.69, 9.17) is 34.8 Å². The quantitative estimate of drug-likeness (QED) is 0.431. The molecule has 0 spiro atoms. The number of hydrogen-bond donors (Lipinski definition) is 1. The minimum Gasteiger partial charge on any atom is -0.273 e. The molecular weight excluding hydrogens is 421 g/mol. The Labute approximate surface area is 155 Å². The summed E-state index contributed by atoms with van der Waals surface area (Å²) in [6.07, 6.45) is 0. The van der Waals surface area contributed by atoms with Gasteiger partial charge in [-0.1, -0.05) is 34.8 Å². The lowest BCUT2D eigenvalue weighted by Crippen LogP contribution is -2.15. The normalized spacial score (nSPS) is 11.2. The van der Waals surface area contributed by atoms with Crippen molar-refractivity contribution in [3.05, 3.63) is 65.6 Å². The molecule has 0 radical (unpaired) electrons. The van der Waals surface area contributed by atoms with Gasteiger partial charge in [0.25, 0.3) is 21.4 Å². The fraction of sp³-hybridized carbons (Fsp3) is 0. The smallest absolute Gasteiger partial charge is 0.273 e. The highest BCUT2D eigenvalue weighted by Crippen LogP contribution is 2.37. The molecule has 0 aliphatic rings. The van der Waals surface area contributed by atoms with Crippen LogP contribution >= 0.6 is 34.8 Å². The zero-order valence-corrected chi connectivity index (χ0v) is 14.9. The van der Waals surface area contributed by atoms with Crippen LogP contribution in [0.1, 0.15) is 0 Å². The van der Waals surface area contributed by atoms with Gasteiger partial charge in [-0.05, 0) is 18.2 Å². The maximum atomic E-state index is 12.4. The fourth-order valence-corrected chi connectivity index (χ4v) is 3.84. The fourth-order valence-electron chi connectivity index (χ4n) is 1.79. The molecule has 0 fully saturated rings. The Morgan fingerprint density at radius 2 is 1.56 bits per heavy atom. The summed E-state index contributed by atoms with van der Waals surface area (Å²) in [6.45, 7) is 0. The first-order valence-electron chi connectivity index (χ1n) is 6.13. The molecule has 2 aromatic carbocycles. The van der Waals surface area contributed by atoms with Gasteiger partial charge < -0.3 is 0 Å². The number of benzene rings is 2. The zero-order chi connectivity index (χ0) is 18.9. The first kappa shape index (κ1) is 19.2. The van der Waals surface area contributed by atoms with Gasteiger partial charge in [0, 0.05) is 6.07 Å². The van der Waals surface area contributed by atoms with E-state index in [9.17, 15) is 28.6 Å². The molecule has 0 aliphatic carbocycles. The summed E-state index contributed by atoms with van der Waals surface area (Å²) < 4.78 is 26.8. The number of nitrogens with one attached hydrogen (secondary N) is 1. The molecule has 25 heavy (non-hydrogen) atoms. The van der Waals surface area contributed by atoms with Crippen molar-refractivity contribution in [3.8, 4) is 0 Å². The van der Waals surface area contributed by atoms with Crippen molar-refractivity contribution >= 4 is 61.9 Å². The lowest BCUT2D eigenvalue weighted by Gasteiger charge is -2.11. The molecular formula is C12H6Cl3N3O6S. The third kappa shape index (κ3) is 3.93. The molecule has 0 unspecified atom stereocenters. The average molecular weight is 427 g/mol. The van der Waals surface area contributed by atoms with Crippen molar-refractivity contribution < 1.29 is 18.3 Å². The monoisotopic (exact) mass is 425 g/mol. The van der Waals surface area contributed by atoms with Crippen LogP contribution in [-0.4, -0.2) is 18.3 Å². The van der Waals surface area contributed by atoms with E-state index < -0.39 is 41.8 Å². The number of non-ortho nitro benzene ring substituents is 1. The second-order valence-corrected chi connectivity index (χ2v) is 7.31. The molecule has 0 bridgehead atoms. The Balaban J connectivity index is 2.53. The van der Waals surface area contributed by atoms with Crippen LogP contribution in [0.2, 0.25) is 15.1 Å². The zero-order valence-electron chi connectivity index (χ0n) is 11.8. The van der Waals surface area contributed by atoms with Gasteiger partial charge in [0.2, 0.25) is 0 Å². The average Bonchev–Trinajstić information content (AvgIpc) is 2.51. The van der Waals surface area contributed by atoms with Gasteiger partial charge in [-0.2, -0.15) is 0 Å². The third-order valence-electron chi connectivity index (χ3n) is 2.92. The van der Waals surface area contributed by atoms with Crippen LogP contribution < -0.4 is 4.72 Å². The molecule has 1 N–H and O–H groups in total. The molecule has 132 valence electrons. The molecule has 0 atom stereocenters. The molecule has 0 saturated carbocycles. The van der Waals surface area contributed by atoms with Crippen LogP contribution in [0, 0.1) is 20.2 Å². The molecule has 0 heterocycles. The van der Waals surface area contributed by atoms with E-state index in [1.807, 2.05) is 4.72 Å². The lowest BCUT2D eigenvalue weighted by molar-refractivity contribution is -0.393. The Morgan fingerprint density at radius 3 is 2.12 bits per heavy atom. The van der Waals surface area contributed by atoms with E-state index in [0.29, 0.717) is 6.07 Å². The molecule has 9 nitrogen and oxygen atoms in total. The third-order valence-corrected chi connectivity index (χ3v) is 5.74. The van der Waals surface area contributed by atoms with Gasteiger partial charge >= 0.3 is 0 Å². The molecule has 0 aliphatic heterocycles. The van der Waals surface area contributed by atoms with Crippen molar-refractivity contribution in [3.63, 3.8) is 0 Å². The van der Waals surface area contributed by atoms with Crippen LogP contribution in [0.15, 0.2) is 35.2 Å². The first-order valence-corrected chi connectivity index (χ1v) is 8.75. The van der Waals surface area contributed by atoms with Crippen molar-refractivity contribution in [2.45, 2.75) is 4.90 Å². The van der Waals surface area contributed by atoms with E-state index in [1.54, 1.807) is 0 Å². The summed E-state index contributed by atoms with van der Waals surface area (Å²) in [5, 5.41) is 21.2. The van der Waals surface area contributed by atoms with Gasteiger partial charge in [-0.15, -0.1) is 0 Å². The summed E-state index contributed by atoms with van der Waals surface area (Å²) >= 11 is 17.4. The lowest BCUT2D eigenvalue weighted by atomic mass is 10.2. The highest BCUT2D eigenvalue weighted by atomic mass is 35.5. The number of halogens is 3. The number of nitro groups is 2. The van der Waals surface area contributed by atoms with Crippen LogP contribution in [-0.2, 0) is 10.0 Å². The van der Waals surface area contributed by atoms with E-state index in [-0.39, 0.29) is 15.1 Å². The summed E-state index contributed by atoms with van der Waals surface area (Å²) in [6, 6.07) is 4.71. The Morgan fingerprint density at radius 1 is 0.920 bits per heavy atom. The summed E-state index contributed by atoms with van der Waals surface area (Å²) in [7, 11) is -4.37. The largest absolute Gasteiger partial charge is 0.300 e. The molecule has 0 aromatic heterocycles. The predicted octanol–water partition coefficient (Wildman–Crippen LogP) is 4.26. The SMILES string of the molecule is O=[N+]([O-])c1ccc(NS(=O)(=O)c2ccc(Cl)c(Cl)c2Cl)c([N+](=O)[O-])c1. The molecule has 0 amide bonds. The van der Waals surface area contributed by atoms with Gasteiger partial charge in [-0.25, -0.2) is 8.42 Å². The number of hydrogen-bond acceptors (Lipinski definition) is 6. The first-order chi connectivity index (χ1) is 11.5. The van der Waals surface area contributed by atoms with E-state index in [2.05, 4.69) is 0 Å². The van der Waals surface area contributed by atoms with E-state index in [0.717, 1.165) is 18.2 Å². The minimum atomic E-state index is -4.37. The van der Waals surface area contributed by atoms with Crippen LogP contribution in [0.3, 0.4) is 0 Å². The Kier molecular flexibility index (Phi) is 5.37. The Bertz CT molecular complexity index is 996. The number of sulfonamides is 1. The topological polar surface area (TPSA) is 132 Å². The van der Waals surface area contributed by atoms with Crippen LogP contribution in [0.5, 0.6) is 0 Å². The molecule has 2 rings (SSSR count). The minimum absolute atomic E-state index is 0.0203. The van der Waals surface area contributed by atoms with Gasteiger partial charge in [0.15, 0.2) is 0 Å². The van der Waals surface area contributed by atoms with Crippen molar-refractivity contribution in [2.24, 2.45) is 0 Å². The van der Waals surface area contributed by atoms with Crippen molar-refractivity contribution in [1.82, 2.24) is 0 Å². The second kappa shape index (κ2) is 7.00. The van der Waals surface area contributed by atoms with Crippen molar-refractivity contribution in [2.75, 3.05) is 4.72 Å². The van der Waals surface area contributed by atoms with Crippen LogP contribution in [0.4, 0.5) is 17.1 Å². The Hall–Kier alpha value is -2.14. The standard InChI is InChI=1S/C12H6Cl3N3O6S/c13-7-2-4-10(12(15)11(7)14)25(23,24)16-8-3-1-6(17(19)20)5-9(8)18(21)22/h1-5,16H. The predicted molar refractivity (Wildman–Crippen MR) is 92.0 cm³/mol. The van der Waals surface area contributed by atoms with Gasteiger partial charge in [-0.3, -0.25) is 25.0 Å². The molecule has 13 heteroatoms. The summed E-state index contributed by atoms with van der Waals surface area (Å²) in [4.78, 5) is 19.5. The maximum Gasteiger partial charge on any atom is 0.300 e. The number of rotatable bonds is 5. The highest BCUT2D eigenvalue weighted by Gasteiger charge is 2.26. The maximum absolute atomic E-state index is 12.4. The van der Waals surface area contributed by atoms with Gasteiger partial charge in [0.05, 0.1) is 31.0 Å². The molecule has 0 saturated heterocycles.